The van der Waals surface area contributed by atoms with Gasteiger partial charge in [-0.05, 0) is 24.6 Å². The monoisotopic (exact) mass is 174 g/mol. The Bertz CT molecular complexity index is 254. The maximum absolute atomic E-state index is 11.0. The Hall–Kier alpha value is -0.960. The van der Waals surface area contributed by atoms with Crippen LogP contribution in [0.4, 0.5) is 0 Å². The standard InChI is InChI=1S/C7H7ClO3/c1-2-10-7(9)5-3-4-11-6(5)8/h3-4H,2H2,1H3. The summed E-state index contributed by atoms with van der Waals surface area (Å²) in [5, 5.41) is 0.0726. The van der Waals surface area contributed by atoms with Crippen molar-refractivity contribution in [1.29, 1.82) is 0 Å². The van der Waals surface area contributed by atoms with Gasteiger partial charge in [0.1, 0.15) is 5.56 Å². The van der Waals surface area contributed by atoms with Crippen LogP contribution >= 0.6 is 11.6 Å². The van der Waals surface area contributed by atoms with Gasteiger partial charge < -0.3 is 9.15 Å². The molecule has 3 nitrogen and oxygen atoms in total. The Morgan fingerprint density at radius 1 is 1.82 bits per heavy atom. The molecular weight excluding hydrogens is 168 g/mol. The molecule has 0 amide bonds. The third-order valence-corrected chi connectivity index (χ3v) is 1.41. The van der Waals surface area contributed by atoms with Gasteiger partial charge in [0.05, 0.1) is 12.9 Å². The highest BCUT2D eigenvalue weighted by Crippen LogP contribution is 2.17. The number of carbonyl (C=O) groups excluding carboxylic acids is 1. The Labute approximate surface area is 68.9 Å². The maximum Gasteiger partial charge on any atom is 0.343 e. The number of hydrogen-bond acceptors (Lipinski definition) is 3. The van der Waals surface area contributed by atoms with Crippen LogP contribution in [0.2, 0.25) is 5.22 Å². The summed E-state index contributed by atoms with van der Waals surface area (Å²) in [6.07, 6.45) is 1.34. The minimum Gasteiger partial charge on any atom is -0.462 e. The predicted octanol–water partition coefficient (Wildman–Crippen LogP) is 2.11. The van der Waals surface area contributed by atoms with Crippen molar-refractivity contribution in [2.75, 3.05) is 6.61 Å². The molecule has 0 atom stereocenters. The first-order valence-electron chi connectivity index (χ1n) is 3.15. The number of ether oxygens (including phenoxy) is 1. The molecule has 0 aromatic carbocycles. The van der Waals surface area contributed by atoms with Crippen molar-refractivity contribution in [2.45, 2.75) is 6.92 Å². The molecule has 0 fully saturated rings. The van der Waals surface area contributed by atoms with Crippen molar-refractivity contribution < 1.29 is 13.9 Å². The van der Waals surface area contributed by atoms with Gasteiger partial charge in [-0.2, -0.15) is 0 Å². The van der Waals surface area contributed by atoms with Crippen LogP contribution in [-0.2, 0) is 4.74 Å². The van der Waals surface area contributed by atoms with Crippen molar-refractivity contribution in [2.24, 2.45) is 0 Å². The van der Waals surface area contributed by atoms with Gasteiger partial charge in [0, 0.05) is 0 Å². The van der Waals surface area contributed by atoms with Crippen molar-refractivity contribution >= 4 is 17.6 Å². The van der Waals surface area contributed by atoms with E-state index in [0.29, 0.717) is 6.61 Å². The SMILES string of the molecule is CCOC(=O)c1ccoc1Cl. The lowest BCUT2D eigenvalue weighted by molar-refractivity contribution is 0.0526. The highest BCUT2D eigenvalue weighted by atomic mass is 35.5. The number of rotatable bonds is 2. The lowest BCUT2D eigenvalue weighted by atomic mass is 10.3. The lowest BCUT2D eigenvalue weighted by Crippen LogP contribution is -2.03. The summed E-state index contributed by atoms with van der Waals surface area (Å²) in [6.45, 7) is 2.06. The molecule has 0 bridgehead atoms. The predicted molar refractivity (Wildman–Crippen MR) is 39.7 cm³/mol. The van der Waals surface area contributed by atoms with Crippen LogP contribution in [0.3, 0.4) is 0 Å². The van der Waals surface area contributed by atoms with Crippen LogP contribution in [0.25, 0.3) is 0 Å². The van der Waals surface area contributed by atoms with Crippen LogP contribution < -0.4 is 0 Å². The quantitative estimate of drug-likeness (QED) is 0.645. The van der Waals surface area contributed by atoms with Gasteiger partial charge >= 0.3 is 5.97 Å². The summed E-state index contributed by atoms with van der Waals surface area (Å²) < 4.78 is 9.38. The molecule has 60 valence electrons. The molecule has 1 rings (SSSR count). The molecule has 1 heterocycles. The molecule has 1 aromatic rings. The second-order valence-electron chi connectivity index (χ2n) is 1.83. The fourth-order valence-electron chi connectivity index (χ4n) is 0.648. The van der Waals surface area contributed by atoms with E-state index >= 15 is 0 Å². The largest absolute Gasteiger partial charge is 0.462 e. The van der Waals surface area contributed by atoms with E-state index in [1.807, 2.05) is 0 Å². The Balaban J connectivity index is 2.76. The Morgan fingerprint density at radius 2 is 2.55 bits per heavy atom. The number of hydrogen-bond donors (Lipinski definition) is 0. The number of carbonyl (C=O) groups is 1. The van der Waals surface area contributed by atoms with Gasteiger partial charge in [-0.3, -0.25) is 0 Å². The zero-order valence-corrected chi connectivity index (χ0v) is 6.72. The van der Waals surface area contributed by atoms with Crippen molar-refractivity contribution in [3.05, 3.63) is 23.1 Å². The number of halogens is 1. The third kappa shape index (κ3) is 1.74. The van der Waals surface area contributed by atoms with Gasteiger partial charge in [-0.15, -0.1) is 0 Å². The molecule has 0 spiro atoms. The second-order valence-corrected chi connectivity index (χ2v) is 2.17. The minimum absolute atomic E-state index is 0.0726. The van der Waals surface area contributed by atoms with E-state index in [1.165, 1.54) is 12.3 Å². The molecule has 4 heteroatoms. The van der Waals surface area contributed by atoms with Crippen LogP contribution in [-0.4, -0.2) is 12.6 Å². The molecule has 0 saturated carbocycles. The highest BCUT2D eigenvalue weighted by Gasteiger charge is 2.12. The van der Waals surface area contributed by atoms with Crippen LogP contribution in [0.1, 0.15) is 17.3 Å². The average Bonchev–Trinajstić information content (AvgIpc) is 2.36. The van der Waals surface area contributed by atoms with Crippen LogP contribution in [0.5, 0.6) is 0 Å². The van der Waals surface area contributed by atoms with E-state index < -0.39 is 5.97 Å². The molecule has 0 saturated heterocycles. The second kappa shape index (κ2) is 3.44. The van der Waals surface area contributed by atoms with E-state index in [9.17, 15) is 4.79 Å². The summed E-state index contributed by atoms with van der Waals surface area (Å²) >= 11 is 5.50. The summed E-state index contributed by atoms with van der Waals surface area (Å²) in [6, 6.07) is 1.47. The van der Waals surface area contributed by atoms with Crippen molar-refractivity contribution in [3.63, 3.8) is 0 Å². The van der Waals surface area contributed by atoms with E-state index in [2.05, 4.69) is 4.74 Å². The zero-order chi connectivity index (χ0) is 8.27. The molecule has 0 N–H and O–H groups in total. The first-order chi connectivity index (χ1) is 5.25. The van der Waals surface area contributed by atoms with E-state index in [-0.39, 0.29) is 10.8 Å². The summed E-state index contributed by atoms with van der Waals surface area (Å²) in [4.78, 5) is 11.0. The van der Waals surface area contributed by atoms with Crippen LogP contribution in [0.15, 0.2) is 16.7 Å². The highest BCUT2D eigenvalue weighted by molar-refractivity contribution is 6.31. The number of esters is 1. The van der Waals surface area contributed by atoms with Crippen molar-refractivity contribution in [3.8, 4) is 0 Å². The van der Waals surface area contributed by atoms with Gasteiger partial charge in [0.2, 0.25) is 5.22 Å². The molecule has 0 aliphatic heterocycles. The van der Waals surface area contributed by atoms with Gasteiger partial charge in [-0.25, -0.2) is 4.79 Å². The molecule has 0 aliphatic rings. The fourth-order valence-corrected chi connectivity index (χ4v) is 0.840. The number of furan rings is 1. The fraction of sp³-hybridized carbons (Fsp3) is 0.286. The topological polar surface area (TPSA) is 39.4 Å². The van der Waals surface area contributed by atoms with E-state index in [1.54, 1.807) is 6.92 Å². The first kappa shape index (κ1) is 8.14. The van der Waals surface area contributed by atoms with E-state index in [0.717, 1.165) is 0 Å². The molecular formula is C7H7ClO3. The minimum atomic E-state index is -0.453. The Morgan fingerprint density at radius 3 is 3.00 bits per heavy atom. The summed E-state index contributed by atoms with van der Waals surface area (Å²) in [5.74, 6) is -0.453. The van der Waals surface area contributed by atoms with Crippen molar-refractivity contribution in [1.82, 2.24) is 0 Å². The maximum atomic E-state index is 11.0. The van der Waals surface area contributed by atoms with E-state index in [4.69, 9.17) is 16.0 Å². The molecule has 0 aliphatic carbocycles. The Kier molecular flexibility index (Phi) is 2.54. The van der Waals surface area contributed by atoms with Crippen LogP contribution in [0, 0.1) is 0 Å². The average molecular weight is 175 g/mol. The molecule has 0 unspecified atom stereocenters. The molecule has 0 radical (unpaired) electrons. The summed E-state index contributed by atoms with van der Waals surface area (Å²) in [7, 11) is 0. The first-order valence-corrected chi connectivity index (χ1v) is 3.53. The van der Waals surface area contributed by atoms with Gasteiger partial charge in [0.15, 0.2) is 0 Å². The molecule has 11 heavy (non-hydrogen) atoms. The third-order valence-electron chi connectivity index (χ3n) is 1.11. The smallest absolute Gasteiger partial charge is 0.343 e. The zero-order valence-electron chi connectivity index (χ0n) is 5.96. The normalized spacial score (nSPS) is 9.64. The van der Waals surface area contributed by atoms with Gasteiger partial charge in [0.25, 0.3) is 0 Å². The molecule has 1 aromatic heterocycles. The summed E-state index contributed by atoms with van der Waals surface area (Å²) in [5.41, 5.74) is 0.272. The van der Waals surface area contributed by atoms with Gasteiger partial charge in [-0.1, -0.05) is 0 Å². The lowest BCUT2D eigenvalue weighted by Gasteiger charge is -1.96.